The first kappa shape index (κ1) is 20.9. The van der Waals surface area contributed by atoms with Crippen LogP contribution in [0.15, 0.2) is 24.3 Å². The van der Waals surface area contributed by atoms with E-state index in [9.17, 15) is 17.4 Å². The van der Waals surface area contributed by atoms with Crippen LogP contribution < -0.4 is 5.32 Å². The monoisotopic (exact) mass is 370 g/mol. The zero-order valence-electron chi connectivity index (χ0n) is 13.8. The van der Waals surface area contributed by atoms with E-state index in [0.717, 1.165) is 12.1 Å². The van der Waals surface area contributed by atoms with Gasteiger partial charge in [-0.15, -0.1) is 0 Å². The van der Waals surface area contributed by atoms with Crippen LogP contribution in [-0.4, -0.2) is 37.9 Å². The minimum atomic E-state index is -4.44. The van der Waals surface area contributed by atoms with E-state index in [-0.39, 0.29) is 12.2 Å². The molecule has 1 aromatic rings. The molecule has 1 rings (SSSR count). The van der Waals surface area contributed by atoms with Crippen molar-refractivity contribution in [3.05, 3.63) is 35.4 Å². The fourth-order valence-electron chi connectivity index (χ4n) is 2.49. The highest BCUT2D eigenvalue weighted by Crippen LogP contribution is 2.34. The molecule has 0 aromatic heterocycles. The number of alkyl halides is 3. The number of halogens is 3. The lowest BCUT2D eigenvalue weighted by Gasteiger charge is -2.35. The van der Waals surface area contributed by atoms with Crippen molar-refractivity contribution in [2.75, 3.05) is 19.4 Å². The Labute approximate surface area is 140 Å². The maximum Gasteiger partial charge on any atom is 0.416 e. The number of hydrogen-bond donors (Lipinski definition) is 2. The standard InChI is InChI=1S/C15H22F3NO4S/c1-14(2,19-8-5-9-24(20,21)22)13(23-3)11-6-4-7-12(10-11)15(16,17)18/h4,6-7,10,13,19H,5,8-9H2,1-3H3,(H,20,21,22)/p+1. The van der Waals surface area contributed by atoms with Crippen molar-refractivity contribution in [1.82, 2.24) is 5.32 Å². The molecule has 0 saturated carbocycles. The van der Waals surface area contributed by atoms with Crippen LogP contribution in [0.25, 0.3) is 0 Å². The number of benzene rings is 1. The van der Waals surface area contributed by atoms with Gasteiger partial charge < -0.3 is 10.1 Å². The van der Waals surface area contributed by atoms with Crippen molar-refractivity contribution in [3.8, 4) is 0 Å². The third-order valence-electron chi connectivity index (χ3n) is 3.58. The summed E-state index contributed by atoms with van der Waals surface area (Å²) in [6.45, 7) is 3.82. The number of rotatable bonds is 8. The lowest BCUT2D eigenvalue weighted by atomic mass is 9.90. The minimum Gasteiger partial charge on any atom is -0.375 e. The van der Waals surface area contributed by atoms with E-state index in [0.29, 0.717) is 12.1 Å². The van der Waals surface area contributed by atoms with Gasteiger partial charge in [-0.2, -0.15) is 17.4 Å². The van der Waals surface area contributed by atoms with Gasteiger partial charge in [0.05, 0.1) is 11.7 Å². The number of nitrogens with one attached hydrogen (secondary N) is 1. The van der Waals surface area contributed by atoms with Crippen molar-refractivity contribution < 1.29 is 30.9 Å². The molecule has 0 aliphatic heterocycles. The van der Waals surface area contributed by atoms with Crippen LogP contribution >= 0.6 is 0 Å². The van der Waals surface area contributed by atoms with Crippen molar-refractivity contribution in [1.29, 1.82) is 0 Å². The van der Waals surface area contributed by atoms with Gasteiger partial charge in [0.2, 0.25) is 0 Å². The Morgan fingerprint density at radius 1 is 1.38 bits per heavy atom. The SMILES string of the molecule is COC(c1cccc(C(F)(F)F)c1)C(C)(C)NCCCS(=O)(O)=[OH+]. The Balaban J connectivity index is 2.87. The molecule has 0 heterocycles. The molecule has 0 saturated heterocycles. The van der Waals surface area contributed by atoms with Gasteiger partial charge in [0.1, 0.15) is 5.75 Å². The molecular weight excluding hydrogens is 347 g/mol. The predicted molar refractivity (Wildman–Crippen MR) is 85.5 cm³/mol. The van der Waals surface area contributed by atoms with Crippen LogP contribution in [0.3, 0.4) is 0 Å². The average molecular weight is 370 g/mol. The quantitative estimate of drug-likeness (QED) is 0.418. The van der Waals surface area contributed by atoms with Crippen LogP contribution in [0.2, 0.25) is 0 Å². The van der Waals surface area contributed by atoms with Gasteiger partial charge in [0.15, 0.2) is 0 Å². The fraction of sp³-hybridized carbons (Fsp3) is 0.600. The molecule has 2 atom stereocenters. The lowest BCUT2D eigenvalue weighted by molar-refractivity contribution is -0.137. The normalized spacial score (nSPS) is 16.6. The maximum atomic E-state index is 12.9. The van der Waals surface area contributed by atoms with Crippen LogP contribution in [0.5, 0.6) is 0 Å². The Kier molecular flexibility index (Phi) is 6.80. The van der Waals surface area contributed by atoms with Gasteiger partial charge >= 0.3 is 16.3 Å². The van der Waals surface area contributed by atoms with E-state index in [4.69, 9.17) is 13.5 Å². The van der Waals surface area contributed by atoms with Gasteiger partial charge in [-0.3, -0.25) is 0 Å². The summed E-state index contributed by atoms with van der Waals surface area (Å²) in [5.41, 5.74) is -1.11. The van der Waals surface area contributed by atoms with Crippen molar-refractivity contribution in [3.63, 3.8) is 0 Å². The maximum absolute atomic E-state index is 12.9. The number of ether oxygens (including phenoxy) is 1. The molecular formula is C15H23F3NO4S+. The van der Waals surface area contributed by atoms with Gasteiger partial charge in [-0.25, -0.2) is 8.76 Å². The van der Waals surface area contributed by atoms with Crippen LogP contribution in [0.1, 0.15) is 37.5 Å². The molecule has 0 bridgehead atoms. The van der Waals surface area contributed by atoms with E-state index in [2.05, 4.69) is 5.32 Å². The molecule has 0 amide bonds. The van der Waals surface area contributed by atoms with E-state index in [1.807, 2.05) is 0 Å². The zero-order chi connectivity index (χ0) is 18.6. The van der Waals surface area contributed by atoms with Crippen molar-refractivity contribution >= 4 is 10.1 Å². The van der Waals surface area contributed by atoms with Crippen LogP contribution in [0, 0.1) is 0 Å². The minimum absolute atomic E-state index is 0.230. The first-order valence-electron chi connectivity index (χ1n) is 7.28. The van der Waals surface area contributed by atoms with E-state index >= 15 is 0 Å². The molecule has 1 aromatic carbocycles. The molecule has 138 valence electrons. The highest BCUT2D eigenvalue weighted by atomic mass is 32.2. The summed E-state index contributed by atoms with van der Waals surface area (Å²) >= 11 is 0. The van der Waals surface area contributed by atoms with E-state index in [1.165, 1.54) is 13.2 Å². The molecule has 5 nitrogen and oxygen atoms in total. The average Bonchev–Trinajstić information content (AvgIpc) is 2.42. The topological polar surface area (TPSA) is 80.0 Å². The summed E-state index contributed by atoms with van der Waals surface area (Å²) in [5.74, 6) is -0.280. The Bertz CT molecular complexity index is 644. The zero-order valence-corrected chi connectivity index (χ0v) is 14.6. The summed E-state index contributed by atoms with van der Waals surface area (Å²) in [5, 5.41) is 3.09. The predicted octanol–water partition coefficient (Wildman–Crippen LogP) is 3.20. The number of hydrogen-bond acceptors (Lipinski definition) is 3. The first-order valence-corrected chi connectivity index (χ1v) is 8.92. The van der Waals surface area contributed by atoms with Gasteiger partial charge in [0, 0.05) is 12.6 Å². The van der Waals surface area contributed by atoms with Gasteiger partial charge in [-0.05, 0) is 44.5 Å². The molecule has 3 N–H and O–H groups in total. The molecule has 0 aliphatic carbocycles. The third-order valence-corrected chi connectivity index (χ3v) is 4.40. The smallest absolute Gasteiger partial charge is 0.375 e. The molecule has 24 heavy (non-hydrogen) atoms. The molecule has 0 fully saturated rings. The second-order valence-electron chi connectivity index (χ2n) is 6.05. The van der Waals surface area contributed by atoms with Gasteiger partial charge in [-0.1, -0.05) is 12.1 Å². The largest absolute Gasteiger partial charge is 0.416 e. The summed E-state index contributed by atoms with van der Waals surface area (Å²) in [6, 6.07) is 4.93. The fourth-order valence-corrected chi connectivity index (χ4v) is 3.01. The highest BCUT2D eigenvalue weighted by Gasteiger charge is 2.34. The summed E-state index contributed by atoms with van der Waals surface area (Å²) in [6.07, 6.45) is -4.87. The van der Waals surface area contributed by atoms with Gasteiger partial charge in [0.25, 0.3) is 0 Å². The molecule has 2 unspecified atom stereocenters. The van der Waals surface area contributed by atoms with Crippen molar-refractivity contribution in [2.45, 2.75) is 38.1 Å². The molecule has 9 heteroatoms. The molecule has 0 aliphatic rings. The lowest BCUT2D eigenvalue weighted by Crippen LogP contribution is -2.46. The highest BCUT2D eigenvalue weighted by molar-refractivity contribution is 7.85. The van der Waals surface area contributed by atoms with E-state index < -0.39 is 33.5 Å². The van der Waals surface area contributed by atoms with E-state index in [1.54, 1.807) is 19.9 Å². The summed E-state index contributed by atoms with van der Waals surface area (Å²) in [4.78, 5) is 0. The second-order valence-corrected chi connectivity index (χ2v) is 7.67. The number of methoxy groups -OCH3 is 1. The Hall–Kier alpha value is -1.16. The Morgan fingerprint density at radius 3 is 2.50 bits per heavy atom. The third kappa shape index (κ3) is 6.39. The van der Waals surface area contributed by atoms with Crippen LogP contribution in [0.4, 0.5) is 13.2 Å². The van der Waals surface area contributed by atoms with Crippen LogP contribution in [-0.2, 0) is 21.0 Å². The Morgan fingerprint density at radius 2 is 2.00 bits per heavy atom. The summed E-state index contributed by atoms with van der Waals surface area (Å²) < 4.78 is 72.4. The first-order chi connectivity index (χ1) is 10.9. The summed E-state index contributed by atoms with van der Waals surface area (Å²) in [7, 11) is -2.38. The van der Waals surface area contributed by atoms with Crippen molar-refractivity contribution in [2.24, 2.45) is 0 Å². The molecule has 0 spiro atoms. The second kappa shape index (κ2) is 7.81. The molecule has 0 radical (unpaired) electrons.